The van der Waals surface area contributed by atoms with Gasteiger partial charge in [-0.1, -0.05) is 0 Å². The van der Waals surface area contributed by atoms with Gasteiger partial charge in [-0.3, -0.25) is 0 Å². The number of halogens is 1. The van der Waals surface area contributed by atoms with E-state index in [2.05, 4.69) is 46.5 Å². The van der Waals surface area contributed by atoms with Crippen molar-refractivity contribution in [2.45, 2.75) is 19.9 Å². The zero-order valence-corrected chi connectivity index (χ0v) is 7.53. The van der Waals surface area contributed by atoms with E-state index in [-0.39, 0.29) is 0 Å². The molecule has 0 N–H and O–H groups in total. The molecule has 0 aliphatic carbocycles. The molecule has 0 saturated heterocycles. The van der Waals surface area contributed by atoms with E-state index in [0.29, 0.717) is 6.04 Å². The molecule has 1 aromatic rings. The van der Waals surface area contributed by atoms with Gasteiger partial charge in [0.15, 0.2) is 3.83 Å². The van der Waals surface area contributed by atoms with Gasteiger partial charge in [-0.2, -0.15) is 5.10 Å². The Morgan fingerprint density at radius 2 is 2.33 bits per heavy atom. The second-order valence-electron chi connectivity index (χ2n) is 2.07. The lowest BCUT2D eigenvalue weighted by Crippen LogP contribution is -2.04. The van der Waals surface area contributed by atoms with E-state index in [0.717, 1.165) is 3.83 Å². The molecule has 3 nitrogen and oxygen atoms in total. The highest BCUT2D eigenvalue weighted by molar-refractivity contribution is 14.1. The van der Waals surface area contributed by atoms with E-state index in [1.165, 1.54) is 0 Å². The largest absolute Gasteiger partial charge is 0.239 e. The molecule has 1 rings (SSSR count). The summed E-state index contributed by atoms with van der Waals surface area (Å²) in [6, 6.07) is 0.416. The Kier molecular flexibility index (Phi) is 2.05. The first-order chi connectivity index (χ1) is 4.22. The highest BCUT2D eigenvalue weighted by Crippen LogP contribution is 2.06. The van der Waals surface area contributed by atoms with E-state index in [4.69, 9.17) is 0 Å². The van der Waals surface area contributed by atoms with Crippen LogP contribution in [0, 0.1) is 3.83 Å². The molecule has 0 radical (unpaired) electrons. The van der Waals surface area contributed by atoms with Crippen LogP contribution in [0.25, 0.3) is 0 Å². The first-order valence-electron chi connectivity index (χ1n) is 2.77. The predicted molar refractivity (Wildman–Crippen MR) is 43.1 cm³/mol. The van der Waals surface area contributed by atoms with Gasteiger partial charge >= 0.3 is 0 Å². The van der Waals surface area contributed by atoms with Crippen molar-refractivity contribution in [3.05, 3.63) is 10.2 Å². The maximum atomic E-state index is 4.01. The fourth-order valence-electron chi connectivity index (χ4n) is 0.582. The average molecular weight is 237 g/mol. The van der Waals surface area contributed by atoms with Gasteiger partial charge in [0.1, 0.15) is 6.33 Å². The zero-order valence-electron chi connectivity index (χ0n) is 5.37. The second kappa shape index (κ2) is 2.64. The third-order valence-corrected chi connectivity index (χ3v) is 1.79. The van der Waals surface area contributed by atoms with E-state index < -0.39 is 0 Å². The van der Waals surface area contributed by atoms with Crippen molar-refractivity contribution in [2.24, 2.45) is 0 Å². The molecule has 0 amide bonds. The molecule has 4 heteroatoms. The molecule has 9 heavy (non-hydrogen) atoms. The van der Waals surface area contributed by atoms with E-state index in [1.807, 2.05) is 4.68 Å². The minimum absolute atomic E-state index is 0.416. The van der Waals surface area contributed by atoms with E-state index in [1.54, 1.807) is 6.33 Å². The smallest absolute Gasteiger partial charge is 0.189 e. The molecule has 0 bridgehead atoms. The van der Waals surface area contributed by atoms with Gasteiger partial charge in [-0.25, -0.2) is 9.67 Å². The summed E-state index contributed by atoms with van der Waals surface area (Å²) < 4.78 is 2.82. The molecule has 0 saturated carbocycles. The highest BCUT2D eigenvalue weighted by Gasteiger charge is 2.01. The maximum absolute atomic E-state index is 4.01. The molecule has 0 atom stereocenters. The van der Waals surface area contributed by atoms with Gasteiger partial charge in [-0.15, -0.1) is 0 Å². The average Bonchev–Trinajstić information content (AvgIpc) is 2.13. The van der Waals surface area contributed by atoms with Crippen LogP contribution in [0.3, 0.4) is 0 Å². The molecule has 0 aliphatic heterocycles. The molecule has 0 unspecified atom stereocenters. The Morgan fingerprint density at radius 1 is 1.67 bits per heavy atom. The Hall–Kier alpha value is -0.130. The lowest BCUT2D eigenvalue weighted by molar-refractivity contribution is 0.518. The number of hydrogen-bond donors (Lipinski definition) is 0. The minimum atomic E-state index is 0.416. The van der Waals surface area contributed by atoms with Crippen LogP contribution in [-0.2, 0) is 0 Å². The number of aromatic nitrogens is 3. The number of rotatable bonds is 1. The molecular weight excluding hydrogens is 229 g/mol. The standard InChI is InChI=1S/C5H8IN3/c1-4(2)9-5(6)7-3-8-9/h3-4H,1-2H3. The van der Waals surface area contributed by atoms with Crippen LogP contribution in [-0.4, -0.2) is 14.8 Å². The second-order valence-corrected chi connectivity index (χ2v) is 3.03. The number of hydrogen-bond acceptors (Lipinski definition) is 2. The van der Waals surface area contributed by atoms with Crippen LogP contribution < -0.4 is 0 Å². The van der Waals surface area contributed by atoms with Crippen LogP contribution in [0.15, 0.2) is 6.33 Å². The highest BCUT2D eigenvalue weighted by atomic mass is 127. The van der Waals surface area contributed by atoms with Crippen molar-refractivity contribution >= 4 is 22.6 Å². The molecule has 0 fully saturated rings. The molecule has 1 heterocycles. The summed E-state index contributed by atoms with van der Waals surface area (Å²) in [5, 5.41) is 4.01. The zero-order chi connectivity index (χ0) is 6.85. The van der Waals surface area contributed by atoms with Crippen LogP contribution >= 0.6 is 22.6 Å². The van der Waals surface area contributed by atoms with Crippen LogP contribution in [0.1, 0.15) is 19.9 Å². The third-order valence-electron chi connectivity index (χ3n) is 1.02. The predicted octanol–water partition coefficient (Wildman–Crippen LogP) is 1.46. The molecule has 0 aliphatic rings. The molecular formula is C5H8IN3. The molecule has 50 valence electrons. The summed E-state index contributed by atoms with van der Waals surface area (Å²) in [5.41, 5.74) is 0. The summed E-state index contributed by atoms with van der Waals surface area (Å²) in [5.74, 6) is 0. The van der Waals surface area contributed by atoms with Crippen molar-refractivity contribution in [3.8, 4) is 0 Å². The Bertz CT molecular complexity index is 194. The lowest BCUT2D eigenvalue weighted by atomic mass is 10.4. The summed E-state index contributed by atoms with van der Waals surface area (Å²) >= 11 is 2.16. The van der Waals surface area contributed by atoms with Crippen molar-refractivity contribution in [1.82, 2.24) is 14.8 Å². The normalized spacial score (nSPS) is 10.7. The third kappa shape index (κ3) is 1.41. The summed E-state index contributed by atoms with van der Waals surface area (Å²) in [6.07, 6.45) is 1.57. The van der Waals surface area contributed by atoms with Crippen LogP contribution in [0.4, 0.5) is 0 Å². The van der Waals surface area contributed by atoms with Gasteiger partial charge in [0, 0.05) is 28.6 Å². The summed E-state index contributed by atoms with van der Waals surface area (Å²) in [6.45, 7) is 4.16. The Balaban J connectivity index is 2.94. The monoisotopic (exact) mass is 237 g/mol. The van der Waals surface area contributed by atoms with Gasteiger partial charge in [0.05, 0.1) is 0 Å². The Morgan fingerprint density at radius 3 is 2.56 bits per heavy atom. The lowest BCUT2D eigenvalue weighted by Gasteiger charge is -2.03. The quantitative estimate of drug-likeness (QED) is 0.692. The van der Waals surface area contributed by atoms with Gasteiger partial charge < -0.3 is 0 Å². The van der Waals surface area contributed by atoms with Gasteiger partial charge in [0.25, 0.3) is 0 Å². The van der Waals surface area contributed by atoms with Crippen molar-refractivity contribution in [1.29, 1.82) is 0 Å². The molecule has 1 aromatic heterocycles. The van der Waals surface area contributed by atoms with Gasteiger partial charge in [-0.05, 0) is 13.8 Å². The topological polar surface area (TPSA) is 30.7 Å². The fraction of sp³-hybridized carbons (Fsp3) is 0.600. The number of nitrogens with zero attached hydrogens (tertiary/aromatic N) is 3. The first kappa shape index (κ1) is 6.98. The van der Waals surface area contributed by atoms with Crippen LogP contribution in [0.5, 0.6) is 0 Å². The van der Waals surface area contributed by atoms with Crippen LogP contribution in [0.2, 0.25) is 0 Å². The maximum Gasteiger partial charge on any atom is 0.189 e. The summed E-state index contributed by atoms with van der Waals surface area (Å²) in [7, 11) is 0. The Labute approximate surface area is 67.6 Å². The fourth-order valence-corrected chi connectivity index (χ4v) is 1.39. The summed E-state index contributed by atoms with van der Waals surface area (Å²) in [4.78, 5) is 3.98. The SMILES string of the molecule is CC(C)n1ncnc1I. The van der Waals surface area contributed by atoms with Gasteiger partial charge in [0.2, 0.25) is 0 Å². The van der Waals surface area contributed by atoms with E-state index in [9.17, 15) is 0 Å². The van der Waals surface area contributed by atoms with Crippen molar-refractivity contribution in [3.63, 3.8) is 0 Å². The van der Waals surface area contributed by atoms with Crippen molar-refractivity contribution in [2.75, 3.05) is 0 Å². The molecule has 0 aromatic carbocycles. The molecule has 0 spiro atoms. The van der Waals surface area contributed by atoms with Crippen molar-refractivity contribution < 1.29 is 0 Å². The van der Waals surface area contributed by atoms with E-state index >= 15 is 0 Å². The first-order valence-corrected chi connectivity index (χ1v) is 3.84. The minimum Gasteiger partial charge on any atom is -0.239 e.